The number of imidazole rings is 1. The van der Waals surface area contributed by atoms with E-state index >= 15 is 0 Å². The molecule has 0 saturated carbocycles. The van der Waals surface area contributed by atoms with Crippen LogP contribution in [0.1, 0.15) is 25.2 Å². The van der Waals surface area contributed by atoms with Crippen LogP contribution in [0, 0.1) is 5.82 Å². The Morgan fingerprint density at radius 2 is 2.24 bits per heavy atom. The Kier molecular flexibility index (Phi) is 4.64. The molecule has 1 aromatic heterocycles. The lowest BCUT2D eigenvalue weighted by Gasteiger charge is -2.16. The van der Waals surface area contributed by atoms with E-state index in [-0.39, 0.29) is 5.69 Å². The molecule has 0 aliphatic rings. The number of hydrogen-bond donors (Lipinski definition) is 3. The first-order valence-corrected chi connectivity index (χ1v) is 8.39. The zero-order chi connectivity index (χ0) is 15.6. The van der Waals surface area contributed by atoms with E-state index in [1.807, 2.05) is 0 Å². The number of nitrogen functional groups attached to an aromatic ring is 1. The van der Waals surface area contributed by atoms with Crippen molar-refractivity contribution in [1.29, 1.82) is 0 Å². The maximum Gasteiger partial charge on any atom is 0.244 e. The summed E-state index contributed by atoms with van der Waals surface area (Å²) in [5.41, 5.74) is 5.76. The second-order valence-corrected chi connectivity index (χ2v) is 6.90. The average molecular weight is 377 g/mol. The number of H-pyrrole nitrogens is 1. The minimum atomic E-state index is -4.05. The summed E-state index contributed by atoms with van der Waals surface area (Å²) < 4.78 is 41.2. The molecular formula is C12H14BrFN4O2S. The topological polar surface area (TPSA) is 101 Å². The molecule has 0 radical (unpaired) electrons. The summed E-state index contributed by atoms with van der Waals surface area (Å²) in [4.78, 5) is 6.35. The van der Waals surface area contributed by atoms with E-state index in [0.717, 1.165) is 12.1 Å². The summed E-state index contributed by atoms with van der Waals surface area (Å²) in [6, 6.07) is 1.53. The number of benzene rings is 1. The van der Waals surface area contributed by atoms with E-state index in [0.29, 0.717) is 16.7 Å². The summed E-state index contributed by atoms with van der Waals surface area (Å²) in [6.07, 6.45) is 3.56. The summed E-state index contributed by atoms with van der Waals surface area (Å²) in [5, 5.41) is 0. The molecule has 0 amide bonds. The Morgan fingerprint density at radius 1 is 1.52 bits per heavy atom. The summed E-state index contributed by atoms with van der Waals surface area (Å²) >= 11 is 3.05. The minimum absolute atomic E-state index is 0.142. The largest absolute Gasteiger partial charge is 0.398 e. The first-order valence-electron chi connectivity index (χ1n) is 6.11. The Bertz CT molecular complexity index is 734. The minimum Gasteiger partial charge on any atom is -0.398 e. The number of anilines is 1. The van der Waals surface area contributed by atoms with Gasteiger partial charge in [0.15, 0.2) is 0 Å². The van der Waals surface area contributed by atoms with E-state index in [4.69, 9.17) is 5.73 Å². The first-order chi connectivity index (χ1) is 9.85. The van der Waals surface area contributed by atoms with Gasteiger partial charge in [-0.15, -0.1) is 0 Å². The molecular weight excluding hydrogens is 363 g/mol. The molecule has 0 fully saturated rings. The number of nitrogens with two attached hydrogens (primary N) is 1. The van der Waals surface area contributed by atoms with Crippen LogP contribution in [0.2, 0.25) is 0 Å². The van der Waals surface area contributed by atoms with Crippen LogP contribution in [0.25, 0.3) is 0 Å². The number of sulfonamides is 1. The standard InChI is InChI=1S/C12H14BrFN4O2S/c1-2-10(12-16-3-4-17-12)18-21(19,20)11-6-9(15)7(13)5-8(11)14/h3-6,10,18H,2,15H2,1H3,(H,16,17). The fourth-order valence-corrected chi connectivity index (χ4v) is 3.50. The molecule has 1 atom stereocenters. The predicted octanol–water partition coefficient (Wildman–Crippen LogP) is 2.32. The predicted molar refractivity (Wildman–Crippen MR) is 80.5 cm³/mol. The zero-order valence-electron chi connectivity index (χ0n) is 11.1. The van der Waals surface area contributed by atoms with Crippen molar-refractivity contribution in [1.82, 2.24) is 14.7 Å². The molecule has 4 N–H and O–H groups in total. The molecule has 1 heterocycles. The number of hydrogen-bond acceptors (Lipinski definition) is 4. The van der Waals surface area contributed by atoms with Gasteiger partial charge >= 0.3 is 0 Å². The molecule has 0 bridgehead atoms. The molecule has 0 aliphatic heterocycles. The molecule has 114 valence electrons. The quantitative estimate of drug-likeness (QED) is 0.696. The third-order valence-corrected chi connectivity index (χ3v) is 5.07. The van der Waals surface area contributed by atoms with Crippen LogP contribution in [0.15, 0.2) is 33.9 Å². The monoisotopic (exact) mass is 376 g/mol. The highest BCUT2D eigenvalue weighted by atomic mass is 79.9. The molecule has 0 saturated heterocycles. The normalized spacial score (nSPS) is 13.3. The number of nitrogens with zero attached hydrogens (tertiary/aromatic N) is 1. The highest BCUT2D eigenvalue weighted by molar-refractivity contribution is 9.10. The van der Waals surface area contributed by atoms with Crippen LogP contribution < -0.4 is 10.5 Å². The van der Waals surface area contributed by atoms with Crippen LogP contribution in [-0.4, -0.2) is 18.4 Å². The van der Waals surface area contributed by atoms with Gasteiger partial charge in [0.1, 0.15) is 16.5 Å². The summed E-state index contributed by atoms with van der Waals surface area (Å²) in [6.45, 7) is 1.79. The molecule has 6 nitrogen and oxygen atoms in total. The molecule has 2 rings (SSSR count). The maximum absolute atomic E-state index is 13.9. The van der Waals surface area contributed by atoms with Gasteiger partial charge in [-0.1, -0.05) is 6.92 Å². The van der Waals surface area contributed by atoms with E-state index in [1.54, 1.807) is 13.1 Å². The molecule has 0 spiro atoms. The van der Waals surface area contributed by atoms with Gasteiger partial charge in [0, 0.05) is 22.6 Å². The zero-order valence-corrected chi connectivity index (χ0v) is 13.5. The fourth-order valence-electron chi connectivity index (χ4n) is 1.80. The highest BCUT2D eigenvalue weighted by Crippen LogP contribution is 2.27. The molecule has 1 unspecified atom stereocenters. The van der Waals surface area contributed by atoms with Gasteiger partial charge in [0.2, 0.25) is 10.0 Å². The fraction of sp³-hybridized carbons (Fsp3) is 0.250. The van der Waals surface area contributed by atoms with Gasteiger partial charge in [-0.3, -0.25) is 0 Å². The maximum atomic E-state index is 13.9. The van der Waals surface area contributed by atoms with Gasteiger partial charge in [-0.25, -0.2) is 22.5 Å². The van der Waals surface area contributed by atoms with Crippen molar-refractivity contribution < 1.29 is 12.8 Å². The molecule has 21 heavy (non-hydrogen) atoms. The first kappa shape index (κ1) is 15.9. The van der Waals surface area contributed by atoms with Crippen molar-refractivity contribution >= 4 is 31.6 Å². The van der Waals surface area contributed by atoms with Gasteiger partial charge < -0.3 is 10.7 Å². The van der Waals surface area contributed by atoms with Crippen LogP contribution in [0.3, 0.4) is 0 Å². The lowest BCUT2D eigenvalue weighted by molar-refractivity contribution is 0.527. The van der Waals surface area contributed by atoms with Crippen molar-refractivity contribution in [2.45, 2.75) is 24.3 Å². The lowest BCUT2D eigenvalue weighted by Crippen LogP contribution is -2.29. The Morgan fingerprint density at radius 3 is 2.81 bits per heavy atom. The second-order valence-electron chi connectivity index (χ2n) is 4.36. The van der Waals surface area contributed by atoms with Crippen molar-refractivity contribution in [3.05, 3.63) is 40.6 Å². The van der Waals surface area contributed by atoms with Gasteiger partial charge in [-0.2, -0.15) is 0 Å². The van der Waals surface area contributed by atoms with E-state index in [9.17, 15) is 12.8 Å². The van der Waals surface area contributed by atoms with Crippen LogP contribution >= 0.6 is 15.9 Å². The number of aromatic amines is 1. The van der Waals surface area contributed by atoms with Crippen LogP contribution in [0.4, 0.5) is 10.1 Å². The highest BCUT2D eigenvalue weighted by Gasteiger charge is 2.25. The van der Waals surface area contributed by atoms with Crippen molar-refractivity contribution in [2.24, 2.45) is 0 Å². The Labute approximate surface area is 130 Å². The number of nitrogens with one attached hydrogen (secondary N) is 2. The second kappa shape index (κ2) is 6.12. The number of aromatic nitrogens is 2. The average Bonchev–Trinajstić information content (AvgIpc) is 2.94. The van der Waals surface area contributed by atoms with Gasteiger partial charge in [0.05, 0.1) is 6.04 Å². The van der Waals surface area contributed by atoms with Crippen molar-refractivity contribution in [3.8, 4) is 0 Å². The van der Waals surface area contributed by atoms with Gasteiger partial charge in [-0.05, 0) is 34.5 Å². The van der Waals surface area contributed by atoms with Crippen LogP contribution in [-0.2, 0) is 10.0 Å². The van der Waals surface area contributed by atoms with Crippen molar-refractivity contribution in [3.63, 3.8) is 0 Å². The van der Waals surface area contributed by atoms with Crippen molar-refractivity contribution in [2.75, 3.05) is 5.73 Å². The SMILES string of the molecule is CCC(NS(=O)(=O)c1cc(N)c(Br)cc1F)c1ncc[nH]1. The van der Waals surface area contributed by atoms with E-state index in [2.05, 4.69) is 30.6 Å². The molecule has 2 aromatic rings. The van der Waals surface area contributed by atoms with E-state index in [1.165, 1.54) is 6.20 Å². The lowest BCUT2D eigenvalue weighted by atomic mass is 10.2. The Hall–Kier alpha value is -1.45. The molecule has 0 aliphatic carbocycles. The molecule has 9 heteroatoms. The number of rotatable bonds is 5. The van der Waals surface area contributed by atoms with Crippen LogP contribution in [0.5, 0.6) is 0 Å². The molecule has 1 aromatic carbocycles. The summed E-state index contributed by atoms with van der Waals surface area (Å²) in [7, 11) is -4.05. The van der Waals surface area contributed by atoms with E-state index < -0.39 is 26.8 Å². The number of halogens is 2. The third-order valence-electron chi connectivity index (χ3n) is 2.90. The van der Waals surface area contributed by atoms with Gasteiger partial charge in [0.25, 0.3) is 0 Å². The summed E-state index contributed by atoms with van der Waals surface area (Å²) in [5.74, 6) is -0.413. The Balaban J connectivity index is 2.36. The third kappa shape index (κ3) is 3.42. The smallest absolute Gasteiger partial charge is 0.244 e.